The largest absolute Gasteiger partial charge is 0.368 e. The van der Waals surface area contributed by atoms with Crippen molar-refractivity contribution in [1.82, 2.24) is 14.7 Å². The summed E-state index contributed by atoms with van der Waals surface area (Å²) < 4.78 is 1.72. The number of nitrogens with one attached hydrogen (secondary N) is 1. The van der Waals surface area contributed by atoms with Gasteiger partial charge in [0, 0.05) is 12.4 Å². The second-order valence-corrected chi connectivity index (χ2v) is 3.24. The van der Waals surface area contributed by atoms with E-state index in [9.17, 15) is 9.59 Å². The zero-order chi connectivity index (χ0) is 11.5. The fourth-order valence-corrected chi connectivity index (χ4v) is 1.30. The van der Waals surface area contributed by atoms with Gasteiger partial charge in [-0.15, -0.1) is 0 Å². The van der Waals surface area contributed by atoms with Crippen LogP contribution < -0.4 is 11.1 Å². The molecule has 2 amide bonds. The molecule has 0 spiro atoms. The molecule has 2 aromatic rings. The Morgan fingerprint density at radius 2 is 2.25 bits per heavy atom. The maximum absolute atomic E-state index is 11.5. The third kappa shape index (κ3) is 2.00. The summed E-state index contributed by atoms with van der Waals surface area (Å²) in [6.45, 7) is -0.188. The molecule has 0 atom stereocenters. The van der Waals surface area contributed by atoms with Crippen molar-refractivity contribution in [3.8, 4) is 0 Å². The van der Waals surface area contributed by atoms with E-state index < -0.39 is 11.8 Å². The van der Waals surface area contributed by atoms with Gasteiger partial charge in [-0.25, -0.2) is 4.98 Å². The number of hydrogen-bond donors (Lipinski definition) is 2. The SMILES string of the molecule is NC(=O)CNC(=O)c1cn2ccccc2n1. The second kappa shape index (κ2) is 4.01. The van der Waals surface area contributed by atoms with Gasteiger partial charge in [0.15, 0.2) is 0 Å². The molecular weight excluding hydrogens is 208 g/mol. The molecule has 0 saturated carbocycles. The summed E-state index contributed by atoms with van der Waals surface area (Å²) in [7, 11) is 0. The van der Waals surface area contributed by atoms with Crippen LogP contribution in [0, 0.1) is 0 Å². The van der Waals surface area contributed by atoms with Crippen molar-refractivity contribution in [1.29, 1.82) is 0 Å². The average Bonchev–Trinajstić information content (AvgIpc) is 2.69. The Kier molecular flexibility index (Phi) is 2.55. The predicted molar refractivity (Wildman–Crippen MR) is 56.7 cm³/mol. The molecule has 0 unspecified atom stereocenters. The number of nitrogens with zero attached hydrogens (tertiary/aromatic N) is 2. The van der Waals surface area contributed by atoms with Gasteiger partial charge >= 0.3 is 0 Å². The van der Waals surface area contributed by atoms with E-state index in [0.717, 1.165) is 0 Å². The third-order valence-corrected chi connectivity index (χ3v) is 2.02. The number of carbonyl (C=O) groups excluding carboxylic acids is 2. The number of aromatic nitrogens is 2. The number of primary amides is 1. The zero-order valence-electron chi connectivity index (χ0n) is 8.38. The van der Waals surface area contributed by atoms with Gasteiger partial charge in [0.25, 0.3) is 5.91 Å². The Balaban J connectivity index is 2.20. The lowest BCUT2D eigenvalue weighted by Gasteiger charge is -1.97. The van der Waals surface area contributed by atoms with Gasteiger partial charge in [-0.05, 0) is 12.1 Å². The minimum absolute atomic E-state index is 0.188. The van der Waals surface area contributed by atoms with E-state index in [2.05, 4.69) is 10.3 Å². The number of imidazole rings is 1. The first-order valence-electron chi connectivity index (χ1n) is 4.67. The summed E-state index contributed by atoms with van der Waals surface area (Å²) in [6.07, 6.45) is 3.37. The second-order valence-electron chi connectivity index (χ2n) is 3.24. The number of nitrogens with two attached hydrogens (primary N) is 1. The number of rotatable bonds is 3. The van der Waals surface area contributed by atoms with E-state index in [0.29, 0.717) is 5.65 Å². The molecule has 0 aliphatic heterocycles. The highest BCUT2D eigenvalue weighted by atomic mass is 16.2. The topological polar surface area (TPSA) is 89.5 Å². The fourth-order valence-electron chi connectivity index (χ4n) is 1.30. The van der Waals surface area contributed by atoms with Gasteiger partial charge in [0.05, 0.1) is 6.54 Å². The Labute approximate surface area is 91.1 Å². The van der Waals surface area contributed by atoms with E-state index in [4.69, 9.17) is 5.73 Å². The van der Waals surface area contributed by atoms with Crippen LogP contribution in [0.3, 0.4) is 0 Å². The molecule has 6 heteroatoms. The minimum atomic E-state index is -0.586. The lowest BCUT2D eigenvalue weighted by Crippen LogP contribution is -2.33. The van der Waals surface area contributed by atoms with Crippen molar-refractivity contribution in [3.63, 3.8) is 0 Å². The highest BCUT2D eigenvalue weighted by Gasteiger charge is 2.10. The summed E-state index contributed by atoms with van der Waals surface area (Å²) in [6, 6.07) is 5.44. The van der Waals surface area contributed by atoms with Gasteiger partial charge in [0.1, 0.15) is 11.3 Å². The van der Waals surface area contributed by atoms with Gasteiger partial charge in [-0.1, -0.05) is 6.07 Å². The van der Waals surface area contributed by atoms with Crippen molar-refractivity contribution in [2.75, 3.05) is 6.54 Å². The van der Waals surface area contributed by atoms with Crippen LogP contribution in [0.15, 0.2) is 30.6 Å². The van der Waals surface area contributed by atoms with Crippen molar-refractivity contribution >= 4 is 17.5 Å². The summed E-state index contributed by atoms with van der Waals surface area (Å²) in [5.41, 5.74) is 5.84. The van der Waals surface area contributed by atoms with Gasteiger partial charge < -0.3 is 15.5 Å². The first kappa shape index (κ1) is 10.2. The number of pyridine rings is 1. The van der Waals surface area contributed by atoms with Gasteiger partial charge in [-0.2, -0.15) is 0 Å². The Morgan fingerprint density at radius 3 is 2.94 bits per heavy atom. The molecule has 0 saturated heterocycles. The molecule has 82 valence electrons. The molecule has 6 nitrogen and oxygen atoms in total. The number of amides is 2. The van der Waals surface area contributed by atoms with E-state index in [-0.39, 0.29) is 12.2 Å². The summed E-state index contributed by atoms with van der Waals surface area (Å²) >= 11 is 0. The number of carbonyl (C=O) groups is 2. The van der Waals surface area contributed by atoms with Crippen LogP contribution in [0.5, 0.6) is 0 Å². The van der Waals surface area contributed by atoms with E-state index in [1.165, 1.54) is 0 Å². The van der Waals surface area contributed by atoms with Crippen molar-refractivity contribution < 1.29 is 9.59 Å². The maximum Gasteiger partial charge on any atom is 0.271 e. The monoisotopic (exact) mass is 218 g/mol. The van der Waals surface area contributed by atoms with Crippen molar-refractivity contribution in [3.05, 3.63) is 36.3 Å². The lowest BCUT2D eigenvalue weighted by molar-refractivity contribution is -0.117. The molecule has 3 N–H and O–H groups in total. The zero-order valence-corrected chi connectivity index (χ0v) is 8.38. The van der Waals surface area contributed by atoms with Crippen LogP contribution in [0.4, 0.5) is 0 Å². The summed E-state index contributed by atoms with van der Waals surface area (Å²) in [5.74, 6) is -1.00. The van der Waals surface area contributed by atoms with Gasteiger partial charge in [-0.3, -0.25) is 9.59 Å². The Bertz CT molecular complexity index is 513. The molecule has 0 fully saturated rings. The third-order valence-electron chi connectivity index (χ3n) is 2.02. The van der Waals surface area contributed by atoms with E-state index in [1.54, 1.807) is 22.9 Å². The predicted octanol–water partition coefficient (Wildman–Crippen LogP) is -0.451. The molecule has 16 heavy (non-hydrogen) atoms. The smallest absolute Gasteiger partial charge is 0.271 e. The molecule has 0 aromatic carbocycles. The fraction of sp³-hybridized carbons (Fsp3) is 0.100. The first-order valence-corrected chi connectivity index (χ1v) is 4.67. The first-order chi connectivity index (χ1) is 7.66. The van der Waals surface area contributed by atoms with Gasteiger partial charge in [0.2, 0.25) is 5.91 Å². The molecule has 2 aromatic heterocycles. The van der Waals surface area contributed by atoms with Crippen LogP contribution >= 0.6 is 0 Å². The summed E-state index contributed by atoms with van der Waals surface area (Å²) in [4.78, 5) is 26.1. The lowest BCUT2D eigenvalue weighted by atomic mass is 10.4. The van der Waals surface area contributed by atoms with Crippen LogP contribution in [-0.2, 0) is 4.79 Å². The molecule has 0 radical (unpaired) electrons. The Hall–Kier alpha value is -2.37. The number of hydrogen-bond acceptors (Lipinski definition) is 3. The maximum atomic E-state index is 11.5. The summed E-state index contributed by atoms with van der Waals surface area (Å²) in [5, 5.41) is 2.37. The molecule has 2 rings (SSSR count). The minimum Gasteiger partial charge on any atom is -0.368 e. The van der Waals surface area contributed by atoms with E-state index in [1.807, 2.05) is 12.1 Å². The van der Waals surface area contributed by atoms with E-state index >= 15 is 0 Å². The molecule has 2 heterocycles. The molecule has 0 bridgehead atoms. The standard InChI is InChI=1S/C10H10N4O2/c11-8(15)5-12-10(16)7-6-14-4-2-1-3-9(14)13-7/h1-4,6H,5H2,(H2,11,15)(H,12,16). The molecular formula is C10H10N4O2. The molecule has 0 aliphatic rings. The highest BCUT2D eigenvalue weighted by Crippen LogP contribution is 2.03. The van der Waals surface area contributed by atoms with Crippen LogP contribution in [0.25, 0.3) is 5.65 Å². The number of fused-ring (bicyclic) bond motifs is 1. The van der Waals surface area contributed by atoms with Crippen molar-refractivity contribution in [2.45, 2.75) is 0 Å². The average molecular weight is 218 g/mol. The normalized spacial score (nSPS) is 10.2. The Morgan fingerprint density at radius 1 is 1.44 bits per heavy atom. The van der Waals surface area contributed by atoms with Crippen LogP contribution in [0.2, 0.25) is 0 Å². The van der Waals surface area contributed by atoms with Crippen LogP contribution in [-0.4, -0.2) is 27.7 Å². The molecule has 0 aliphatic carbocycles. The van der Waals surface area contributed by atoms with Crippen LogP contribution in [0.1, 0.15) is 10.5 Å². The highest BCUT2D eigenvalue weighted by molar-refractivity contribution is 5.95. The quantitative estimate of drug-likeness (QED) is 0.731. The van der Waals surface area contributed by atoms with Crippen molar-refractivity contribution in [2.24, 2.45) is 5.73 Å².